The molecule has 0 aromatic rings. The fraction of sp³-hybridized carbons (Fsp3) is 0.556. The summed E-state index contributed by atoms with van der Waals surface area (Å²) in [6, 6.07) is -0.908. The number of nitrogens with zero attached hydrogens (tertiary/aromatic N) is 1. The van der Waals surface area contributed by atoms with E-state index < -0.39 is 12.0 Å². The summed E-state index contributed by atoms with van der Waals surface area (Å²) >= 11 is 0. The molecule has 0 bridgehead atoms. The highest BCUT2D eigenvalue weighted by molar-refractivity contribution is 5.85. The first kappa shape index (κ1) is 20.6. The maximum absolute atomic E-state index is 10.3. The van der Waals surface area contributed by atoms with Crippen LogP contribution < -0.4 is 11.5 Å². The third-order valence-corrected chi connectivity index (χ3v) is 1.52. The fourth-order valence-electron chi connectivity index (χ4n) is 0.790. The van der Waals surface area contributed by atoms with Gasteiger partial charge in [-0.25, -0.2) is 0 Å². The van der Waals surface area contributed by atoms with Gasteiger partial charge in [-0.1, -0.05) is 12.2 Å². The van der Waals surface area contributed by atoms with Gasteiger partial charge in [0.2, 0.25) is 0 Å². The van der Waals surface area contributed by atoms with E-state index in [1.807, 2.05) is 0 Å². The third-order valence-electron chi connectivity index (χ3n) is 1.52. The number of hydrogen-bond donors (Lipinski definition) is 3. The molecule has 7 heteroatoms. The van der Waals surface area contributed by atoms with Crippen LogP contribution >= 0.6 is 24.8 Å². The Labute approximate surface area is 108 Å². The van der Waals surface area contributed by atoms with Crippen LogP contribution in [0.5, 0.6) is 0 Å². The average molecular weight is 272 g/mol. The summed E-state index contributed by atoms with van der Waals surface area (Å²) in [4.78, 5) is 14.3. The zero-order chi connectivity index (χ0) is 11.0. The number of allylic oxidation sites excluding steroid dienone is 1. The van der Waals surface area contributed by atoms with Crippen LogP contribution in [0.4, 0.5) is 0 Å². The highest BCUT2D eigenvalue weighted by Gasteiger charge is 2.04. The molecule has 5 N–H and O–H groups in total. The van der Waals surface area contributed by atoms with Crippen molar-refractivity contribution in [3.8, 4) is 0 Å². The zero-order valence-electron chi connectivity index (χ0n) is 9.13. The van der Waals surface area contributed by atoms with Crippen LogP contribution in [-0.4, -0.2) is 29.5 Å². The summed E-state index contributed by atoms with van der Waals surface area (Å²) in [5.74, 6) is -0.451. The van der Waals surface area contributed by atoms with Crippen molar-refractivity contribution in [1.82, 2.24) is 0 Å². The number of unbranched alkanes of at least 4 members (excludes halogenated alkanes) is 1. The molecule has 0 heterocycles. The van der Waals surface area contributed by atoms with Gasteiger partial charge in [0, 0.05) is 6.54 Å². The third kappa shape index (κ3) is 13.2. The van der Waals surface area contributed by atoms with Crippen molar-refractivity contribution >= 4 is 36.6 Å². The standard InChI is InChI=1S/C9H17N3O2.2ClH/c1-7(10)12-6-4-2-3-5-8(11)9(13)14;;/h3,5,8H,2,4,6,11H2,1H3,(H2,10,12)(H,13,14);2*1H/b5-3-;;/t8-;;/m0../s1. The molecule has 0 fully saturated rings. The number of halogens is 2. The second kappa shape index (κ2) is 12.3. The van der Waals surface area contributed by atoms with E-state index in [9.17, 15) is 4.79 Å². The van der Waals surface area contributed by atoms with E-state index in [0.29, 0.717) is 12.4 Å². The Morgan fingerprint density at radius 1 is 1.50 bits per heavy atom. The Bertz CT molecular complexity index is 241. The predicted octanol–water partition coefficient (Wildman–Crippen LogP) is 0.955. The number of aliphatic carboxylic acids is 1. The summed E-state index contributed by atoms with van der Waals surface area (Å²) in [5, 5.41) is 8.44. The van der Waals surface area contributed by atoms with Gasteiger partial charge in [-0.15, -0.1) is 24.8 Å². The Morgan fingerprint density at radius 2 is 2.06 bits per heavy atom. The first-order valence-electron chi connectivity index (χ1n) is 4.45. The van der Waals surface area contributed by atoms with Crippen LogP contribution in [-0.2, 0) is 4.79 Å². The smallest absolute Gasteiger partial charge is 0.324 e. The average Bonchev–Trinajstić information content (AvgIpc) is 2.09. The number of rotatable bonds is 6. The normalized spacial score (nSPS) is 12.8. The molecular weight excluding hydrogens is 253 g/mol. The largest absolute Gasteiger partial charge is 0.480 e. The Balaban J connectivity index is -0.000000845. The van der Waals surface area contributed by atoms with Gasteiger partial charge in [-0.3, -0.25) is 9.79 Å². The minimum Gasteiger partial charge on any atom is -0.480 e. The van der Waals surface area contributed by atoms with Crippen molar-refractivity contribution < 1.29 is 9.90 Å². The molecule has 0 spiro atoms. The highest BCUT2D eigenvalue weighted by Crippen LogP contribution is 1.93. The quantitative estimate of drug-likeness (QED) is 0.290. The van der Waals surface area contributed by atoms with E-state index in [4.69, 9.17) is 16.6 Å². The molecule has 1 atom stereocenters. The van der Waals surface area contributed by atoms with Crippen molar-refractivity contribution in [2.24, 2.45) is 16.5 Å². The molecule has 0 rings (SSSR count). The van der Waals surface area contributed by atoms with Gasteiger partial charge in [0.1, 0.15) is 6.04 Å². The Hall–Kier alpha value is -0.780. The first-order valence-corrected chi connectivity index (χ1v) is 4.45. The van der Waals surface area contributed by atoms with Crippen molar-refractivity contribution in [3.05, 3.63) is 12.2 Å². The van der Waals surface area contributed by atoms with Gasteiger partial charge in [0.05, 0.1) is 5.84 Å². The van der Waals surface area contributed by atoms with Crippen LogP contribution in [0.2, 0.25) is 0 Å². The fourth-order valence-corrected chi connectivity index (χ4v) is 0.790. The van der Waals surface area contributed by atoms with Gasteiger partial charge >= 0.3 is 5.97 Å². The van der Waals surface area contributed by atoms with E-state index >= 15 is 0 Å². The lowest BCUT2D eigenvalue weighted by Gasteiger charge is -1.97. The molecule has 0 saturated heterocycles. The molecule has 16 heavy (non-hydrogen) atoms. The number of carbonyl (C=O) groups is 1. The molecule has 5 nitrogen and oxygen atoms in total. The lowest BCUT2D eigenvalue weighted by atomic mass is 10.2. The van der Waals surface area contributed by atoms with Gasteiger partial charge in [-0.05, 0) is 19.8 Å². The maximum atomic E-state index is 10.3. The molecule has 0 amide bonds. The molecule has 0 radical (unpaired) electrons. The minimum absolute atomic E-state index is 0. The van der Waals surface area contributed by atoms with E-state index in [1.54, 1.807) is 13.0 Å². The molecule has 0 aliphatic heterocycles. The van der Waals surface area contributed by atoms with Gasteiger partial charge < -0.3 is 16.6 Å². The number of hydrogen-bond acceptors (Lipinski definition) is 3. The number of amidine groups is 1. The van der Waals surface area contributed by atoms with E-state index in [1.165, 1.54) is 6.08 Å². The Morgan fingerprint density at radius 3 is 2.50 bits per heavy atom. The SMILES string of the molecule is CC(N)=NCCC/C=C\[C@H](N)C(=O)O.Cl.Cl. The first-order chi connectivity index (χ1) is 6.54. The van der Waals surface area contributed by atoms with Gasteiger partial charge in [0.15, 0.2) is 0 Å². The van der Waals surface area contributed by atoms with E-state index in [-0.39, 0.29) is 24.8 Å². The molecule has 0 aromatic carbocycles. The van der Waals surface area contributed by atoms with Crippen LogP contribution in [0.3, 0.4) is 0 Å². The molecular formula is C9H19Cl2N3O2. The van der Waals surface area contributed by atoms with Crippen molar-refractivity contribution in [2.75, 3.05) is 6.54 Å². The summed E-state index contributed by atoms with van der Waals surface area (Å²) in [5.41, 5.74) is 10.6. The molecule has 0 aromatic heterocycles. The van der Waals surface area contributed by atoms with Crippen molar-refractivity contribution in [2.45, 2.75) is 25.8 Å². The van der Waals surface area contributed by atoms with Gasteiger partial charge in [0.25, 0.3) is 0 Å². The lowest BCUT2D eigenvalue weighted by molar-refractivity contribution is -0.137. The number of carboxylic acid groups (broad SMARTS) is 1. The number of aliphatic imine (C=N–C) groups is 1. The lowest BCUT2D eigenvalue weighted by Crippen LogP contribution is -2.27. The van der Waals surface area contributed by atoms with Crippen molar-refractivity contribution in [3.63, 3.8) is 0 Å². The second-order valence-electron chi connectivity index (χ2n) is 2.96. The summed E-state index contributed by atoms with van der Waals surface area (Å²) in [7, 11) is 0. The molecule has 96 valence electrons. The second-order valence-corrected chi connectivity index (χ2v) is 2.96. The van der Waals surface area contributed by atoms with Crippen LogP contribution in [0.25, 0.3) is 0 Å². The monoisotopic (exact) mass is 271 g/mol. The predicted molar refractivity (Wildman–Crippen MR) is 70.6 cm³/mol. The molecule has 0 unspecified atom stereocenters. The number of nitrogens with two attached hydrogens (primary N) is 2. The number of carboxylic acids is 1. The van der Waals surface area contributed by atoms with Crippen LogP contribution in [0, 0.1) is 0 Å². The highest BCUT2D eigenvalue weighted by atomic mass is 35.5. The molecule has 0 saturated carbocycles. The Kier molecular flexibility index (Phi) is 15.8. The van der Waals surface area contributed by atoms with Crippen LogP contribution in [0.1, 0.15) is 19.8 Å². The van der Waals surface area contributed by atoms with Crippen LogP contribution in [0.15, 0.2) is 17.1 Å². The summed E-state index contributed by atoms with van der Waals surface area (Å²) in [6.07, 6.45) is 4.83. The summed E-state index contributed by atoms with van der Waals surface area (Å²) in [6.45, 7) is 2.39. The molecule has 0 aliphatic carbocycles. The van der Waals surface area contributed by atoms with Crippen molar-refractivity contribution in [1.29, 1.82) is 0 Å². The van der Waals surface area contributed by atoms with E-state index in [2.05, 4.69) is 4.99 Å². The zero-order valence-corrected chi connectivity index (χ0v) is 10.8. The summed E-state index contributed by atoms with van der Waals surface area (Å²) < 4.78 is 0. The van der Waals surface area contributed by atoms with E-state index in [0.717, 1.165) is 12.8 Å². The van der Waals surface area contributed by atoms with Gasteiger partial charge in [-0.2, -0.15) is 0 Å². The minimum atomic E-state index is -1.02. The maximum Gasteiger partial charge on any atom is 0.324 e. The molecule has 0 aliphatic rings. The topological polar surface area (TPSA) is 102 Å².